The Balaban J connectivity index is 1.51. The lowest BCUT2D eigenvalue weighted by molar-refractivity contribution is 0.601. The minimum absolute atomic E-state index is 0.220. The normalized spacial score (nSPS) is 11.3. The van der Waals surface area contributed by atoms with Crippen LogP contribution in [0.25, 0.3) is 10.8 Å². The van der Waals surface area contributed by atoms with E-state index in [1.165, 1.54) is 0 Å². The molecule has 0 unspecified atom stereocenters. The number of nitrogens with zero attached hydrogens (tertiary/aromatic N) is 3. The number of nitrogens with one attached hydrogen (secondary N) is 2. The highest BCUT2D eigenvalue weighted by Gasteiger charge is 2.15. The first-order chi connectivity index (χ1) is 14.8. The number of hydrogen-bond donors (Lipinski definition) is 2. The predicted molar refractivity (Wildman–Crippen MR) is 126 cm³/mol. The molecule has 0 fully saturated rings. The first-order valence-electron chi connectivity index (χ1n) is 9.72. The van der Waals surface area contributed by atoms with E-state index in [1.54, 1.807) is 42.5 Å². The quantitative estimate of drug-likeness (QED) is 0.464. The van der Waals surface area contributed by atoms with Crippen LogP contribution in [0.4, 0.5) is 23.1 Å². The van der Waals surface area contributed by atoms with Gasteiger partial charge in [0.15, 0.2) is 0 Å². The molecule has 0 saturated carbocycles. The molecule has 2 N–H and O–H groups in total. The van der Waals surface area contributed by atoms with Gasteiger partial charge in [-0.25, -0.2) is 13.4 Å². The van der Waals surface area contributed by atoms with Gasteiger partial charge in [-0.05, 0) is 54.1 Å². The van der Waals surface area contributed by atoms with Gasteiger partial charge >= 0.3 is 0 Å². The molecule has 0 amide bonds. The van der Waals surface area contributed by atoms with Gasteiger partial charge in [0.25, 0.3) is 10.0 Å². The topological polar surface area (TPSA) is 87.2 Å². The van der Waals surface area contributed by atoms with Crippen molar-refractivity contribution >= 4 is 43.9 Å². The number of fused-ring (bicyclic) bond motifs is 1. The molecular weight excluding hydrogens is 410 g/mol. The van der Waals surface area contributed by atoms with E-state index in [-0.39, 0.29) is 4.90 Å². The number of anilines is 4. The highest BCUT2D eigenvalue weighted by Crippen LogP contribution is 2.23. The van der Waals surface area contributed by atoms with Gasteiger partial charge in [0, 0.05) is 37.2 Å². The number of sulfonamides is 1. The molecule has 4 rings (SSSR count). The molecule has 0 radical (unpaired) electrons. The van der Waals surface area contributed by atoms with Crippen LogP contribution < -0.4 is 14.9 Å². The molecular formula is C23H23N5O2S. The fourth-order valence-electron chi connectivity index (χ4n) is 3.14. The average Bonchev–Trinajstić information content (AvgIpc) is 2.74. The van der Waals surface area contributed by atoms with Crippen molar-refractivity contribution in [2.75, 3.05) is 29.0 Å². The second-order valence-electron chi connectivity index (χ2n) is 7.40. The molecule has 0 aliphatic carbocycles. The second kappa shape index (κ2) is 8.23. The molecule has 31 heavy (non-hydrogen) atoms. The molecule has 1 heterocycles. The number of aromatic nitrogens is 2. The minimum Gasteiger partial charge on any atom is -0.363 e. The van der Waals surface area contributed by atoms with Crippen LogP contribution >= 0.6 is 0 Å². The van der Waals surface area contributed by atoms with Gasteiger partial charge in [0.1, 0.15) is 5.82 Å². The molecule has 0 aliphatic heterocycles. The standard InChI is InChI=1S/C23H23N5O2S/c1-16-14-22(28(2)3)26-23(24-16)25-19-9-11-20(12-10-19)27-31(29,30)21-13-8-17-6-4-5-7-18(17)15-21/h4-15,27H,1-3H3,(H,24,25,26). The molecule has 0 saturated heterocycles. The first kappa shape index (κ1) is 20.6. The smallest absolute Gasteiger partial charge is 0.261 e. The van der Waals surface area contributed by atoms with Gasteiger partial charge in [-0.1, -0.05) is 30.3 Å². The third-order valence-corrected chi connectivity index (χ3v) is 6.10. The van der Waals surface area contributed by atoms with Crippen molar-refractivity contribution in [3.63, 3.8) is 0 Å². The van der Waals surface area contributed by atoms with E-state index in [4.69, 9.17) is 0 Å². The number of aryl methyl sites for hydroxylation is 1. The zero-order chi connectivity index (χ0) is 22.0. The summed E-state index contributed by atoms with van der Waals surface area (Å²) >= 11 is 0. The Morgan fingerprint density at radius 3 is 2.19 bits per heavy atom. The average molecular weight is 434 g/mol. The fraction of sp³-hybridized carbons (Fsp3) is 0.130. The summed E-state index contributed by atoms with van der Waals surface area (Å²) in [5.41, 5.74) is 2.07. The van der Waals surface area contributed by atoms with E-state index < -0.39 is 10.0 Å². The van der Waals surface area contributed by atoms with E-state index >= 15 is 0 Å². The number of rotatable bonds is 6. The second-order valence-corrected chi connectivity index (χ2v) is 9.08. The molecule has 0 aliphatic rings. The van der Waals surface area contributed by atoms with Crippen molar-refractivity contribution in [3.05, 3.63) is 78.5 Å². The van der Waals surface area contributed by atoms with Crippen LogP contribution in [0, 0.1) is 6.92 Å². The van der Waals surface area contributed by atoms with Gasteiger partial charge in [-0.2, -0.15) is 4.98 Å². The van der Waals surface area contributed by atoms with Gasteiger partial charge < -0.3 is 10.2 Å². The maximum atomic E-state index is 12.8. The summed E-state index contributed by atoms with van der Waals surface area (Å²) in [6, 6.07) is 21.6. The molecule has 0 spiro atoms. The summed E-state index contributed by atoms with van der Waals surface area (Å²) in [6.45, 7) is 1.91. The molecule has 0 atom stereocenters. The molecule has 3 aromatic carbocycles. The minimum atomic E-state index is -3.70. The Kier molecular flexibility index (Phi) is 5.48. The van der Waals surface area contributed by atoms with Crippen LogP contribution in [0.2, 0.25) is 0 Å². The lowest BCUT2D eigenvalue weighted by Crippen LogP contribution is -2.13. The molecule has 4 aromatic rings. The van der Waals surface area contributed by atoms with Crippen LogP contribution in [-0.4, -0.2) is 32.5 Å². The van der Waals surface area contributed by atoms with Gasteiger partial charge in [-0.15, -0.1) is 0 Å². The summed E-state index contributed by atoms with van der Waals surface area (Å²) in [5.74, 6) is 1.28. The predicted octanol–water partition coefficient (Wildman–Crippen LogP) is 4.55. The number of benzene rings is 3. The van der Waals surface area contributed by atoms with Crippen molar-refractivity contribution in [1.82, 2.24) is 9.97 Å². The Morgan fingerprint density at radius 2 is 1.48 bits per heavy atom. The Morgan fingerprint density at radius 1 is 0.806 bits per heavy atom. The molecule has 7 nitrogen and oxygen atoms in total. The van der Waals surface area contributed by atoms with E-state index in [9.17, 15) is 8.42 Å². The molecule has 0 bridgehead atoms. The Bertz CT molecular complexity index is 1340. The van der Waals surface area contributed by atoms with E-state index in [0.717, 1.165) is 28.0 Å². The third-order valence-electron chi connectivity index (χ3n) is 4.72. The summed E-state index contributed by atoms with van der Waals surface area (Å²) in [4.78, 5) is 11.0. The molecule has 158 valence electrons. The van der Waals surface area contributed by atoms with E-state index in [0.29, 0.717) is 11.6 Å². The highest BCUT2D eigenvalue weighted by atomic mass is 32.2. The maximum Gasteiger partial charge on any atom is 0.261 e. The summed E-state index contributed by atoms with van der Waals surface area (Å²) in [6.07, 6.45) is 0. The Hall–Kier alpha value is -3.65. The van der Waals surface area contributed by atoms with Crippen LogP contribution in [0.3, 0.4) is 0 Å². The zero-order valence-corrected chi connectivity index (χ0v) is 18.3. The molecule has 8 heteroatoms. The lowest BCUT2D eigenvalue weighted by atomic mass is 10.1. The monoisotopic (exact) mass is 433 g/mol. The van der Waals surface area contributed by atoms with E-state index in [1.807, 2.05) is 56.3 Å². The van der Waals surface area contributed by atoms with E-state index in [2.05, 4.69) is 20.0 Å². The SMILES string of the molecule is Cc1cc(N(C)C)nc(Nc2ccc(NS(=O)(=O)c3ccc4ccccc4c3)cc2)n1. The third kappa shape index (κ3) is 4.75. The van der Waals surface area contributed by atoms with Crippen molar-refractivity contribution in [2.24, 2.45) is 0 Å². The van der Waals surface area contributed by atoms with Gasteiger partial charge in [0.2, 0.25) is 5.95 Å². The van der Waals surface area contributed by atoms with Gasteiger partial charge in [-0.3, -0.25) is 4.72 Å². The number of hydrogen-bond acceptors (Lipinski definition) is 6. The van der Waals surface area contributed by atoms with Crippen molar-refractivity contribution in [1.29, 1.82) is 0 Å². The largest absolute Gasteiger partial charge is 0.363 e. The zero-order valence-electron chi connectivity index (χ0n) is 17.5. The Labute approximate surface area is 181 Å². The lowest BCUT2D eigenvalue weighted by Gasteiger charge is -2.14. The van der Waals surface area contributed by atoms with Crippen molar-refractivity contribution < 1.29 is 8.42 Å². The first-order valence-corrected chi connectivity index (χ1v) is 11.2. The summed E-state index contributed by atoms with van der Waals surface area (Å²) < 4.78 is 28.2. The fourth-order valence-corrected chi connectivity index (χ4v) is 4.23. The van der Waals surface area contributed by atoms with Gasteiger partial charge in [0.05, 0.1) is 4.90 Å². The van der Waals surface area contributed by atoms with Crippen LogP contribution in [0.5, 0.6) is 0 Å². The summed E-state index contributed by atoms with van der Waals surface area (Å²) in [5, 5.41) is 5.02. The van der Waals surface area contributed by atoms with Crippen LogP contribution in [-0.2, 0) is 10.0 Å². The highest BCUT2D eigenvalue weighted by molar-refractivity contribution is 7.92. The van der Waals surface area contributed by atoms with Crippen LogP contribution in [0.1, 0.15) is 5.69 Å². The maximum absolute atomic E-state index is 12.8. The van der Waals surface area contributed by atoms with Crippen molar-refractivity contribution in [3.8, 4) is 0 Å². The molecule has 1 aromatic heterocycles. The van der Waals surface area contributed by atoms with Crippen LogP contribution in [0.15, 0.2) is 77.7 Å². The summed E-state index contributed by atoms with van der Waals surface area (Å²) in [7, 11) is 0.139. The van der Waals surface area contributed by atoms with Crippen molar-refractivity contribution in [2.45, 2.75) is 11.8 Å².